The third kappa shape index (κ3) is 6.95. The number of carbonyl (C=O) groups is 3. The second-order valence-corrected chi connectivity index (χ2v) is 7.57. The largest absolute Gasteiger partial charge is 0.481 e. The number of hydrogen-bond acceptors (Lipinski definition) is 4. The SMILES string of the molecule is CC(C)(C)OC(=O)/N=C(/N)c1ccc2[nH]c(C(=O)NCCCCC(=O)O)cc2c1. The lowest BCUT2D eigenvalue weighted by molar-refractivity contribution is -0.137. The molecule has 1 aromatic heterocycles. The summed E-state index contributed by atoms with van der Waals surface area (Å²) in [6, 6.07) is 6.83. The van der Waals surface area contributed by atoms with Gasteiger partial charge in [0.1, 0.15) is 17.1 Å². The minimum absolute atomic E-state index is 0.0202. The molecule has 9 nitrogen and oxygen atoms in total. The van der Waals surface area contributed by atoms with E-state index < -0.39 is 17.7 Å². The van der Waals surface area contributed by atoms with Crippen molar-refractivity contribution in [1.29, 1.82) is 0 Å². The maximum absolute atomic E-state index is 12.2. The van der Waals surface area contributed by atoms with Crippen molar-refractivity contribution in [2.75, 3.05) is 6.54 Å². The smallest absolute Gasteiger partial charge is 0.436 e. The fourth-order valence-electron chi connectivity index (χ4n) is 2.56. The molecule has 1 aromatic carbocycles. The topological polar surface area (TPSA) is 147 Å². The number of nitrogens with two attached hydrogens (primary N) is 1. The Hall–Kier alpha value is -3.36. The number of amidine groups is 1. The van der Waals surface area contributed by atoms with Crippen LogP contribution >= 0.6 is 0 Å². The molecule has 0 aliphatic rings. The Balaban J connectivity index is 2.04. The average Bonchev–Trinajstić information content (AvgIpc) is 3.02. The Kier molecular flexibility index (Phi) is 6.98. The van der Waals surface area contributed by atoms with Crippen molar-refractivity contribution in [3.8, 4) is 0 Å². The van der Waals surface area contributed by atoms with E-state index in [1.54, 1.807) is 45.0 Å². The van der Waals surface area contributed by atoms with Gasteiger partial charge in [-0.05, 0) is 57.9 Å². The molecule has 0 saturated carbocycles. The van der Waals surface area contributed by atoms with Crippen molar-refractivity contribution in [3.63, 3.8) is 0 Å². The maximum Gasteiger partial charge on any atom is 0.436 e. The molecule has 29 heavy (non-hydrogen) atoms. The first-order valence-corrected chi connectivity index (χ1v) is 9.25. The highest BCUT2D eigenvalue weighted by molar-refractivity contribution is 6.06. The molecule has 2 rings (SSSR count). The van der Waals surface area contributed by atoms with Crippen LogP contribution in [-0.2, 0) is 9.53 Å². The summed E-state index contributed by atoms with van der Waals surface area (Å²) in [7, 11) is 0. The number of rotatable bonds is 7. The van der Waals surface area contributed by atoms with E-state index in [0.29, 0.717) is 30.6 Å². The molecule has 0 fully saturated rings. The van der Waals surface area contributed by atoms with Crippen molar-refractivity contribution in [2.24, 2.45) is 10.7 Å². The van der Waals surface area contributed by atoms with Crippen LogP contribution in [0.3, 0.4) is 0 Å². The van der Waals surface area contributed by atoms with E-state index in [0.717, 1.165) is 10.9 Å². The molecule has 0 radical (unpaired) electrons. The highest BCUT2D eigenvalue weighted by Gasteiger charge is 2.16. The third-order valence-corrected chi connectivity index (χ3v) is 3.87. The van der Waals surface area contributed by atoms with E-state index in [4.69, 9.17) is 15.6 Å². The minimum Gasteiger partial charge on any atom is -0.481 e. The lowest BCUT2D eigenvalue weighted by Gasteiger charge is -2.17. The summed E-state index contributed by atoms with van der Waals surface area (Å²) in [5, 5.41) is 12.1. The molecule has 0 saturated heterocycles. The van der Waals surface area contributed by atoms with Crippen LogP contribution in [0.1, 0.15) is 56.1 Å². The fraction of sp³-hybridized carbons (Fsp3) is 0.400. The van der Waals surface area contributed by atoms with Crippen LogP contribution in [-0.4, -0.2) is 46.0 Å². The first-order valence-electron chi connectivity index (χ1n) is 9.25. The van der Waals surface area contributed by atoms with Gasteiger partial charge < -0.3 is 25.9 Å². The summed E-state index contributed by atoms with van der Waals surface area (Å²) in [6.07, 6.45) is 0.395. The first kappa shape index (κ1) is 21.9. The number of ether oxygens (including phenoxy) is 1. The summed E-state index contributed by atoms with van der Waals surface area (Å²) < 4.78 is 5.12. The number of fused-ring (bicyclic) bond motifs is 1. The van der Waals surface area contributed by atoms with E-state index in [9.17, 15) is 14.4 Å². The Bertz CT molecular complexity index is 940. The molecule has 0 atom stereocenters. The van der Waals surface area contributed by atoms with Gasteiger partial charge in [0, 0.05) is 29.4 Å². The monoisotopic (exact) mass is 402 g/mol. The number of carboxylic acids is 1. The number of aliphatic carboxylic acids is 1. The van der Waals surface area contributed by atoms with Gasteiger partial charge in [-0.2, -0.15) is 4.99 Å². The number of carbonyl (C=O) groups excluding carboxylic acids is 2. The number of carboxylic acid groups (broad SMARTS) is 1. The molecular formula is C20H26N4O5. The molecule has 0 aliphatic heterocycles. The summed E-state index contributed by atoms with van der Waals surface area (Å²) in [4.78, 5) is 41.3. The van der Waals surface area contributed by atoms with Crippen LogP contribution in [0.25, 0.3) is 10.9 Å². The average molecular weight is 402 g/mol. The molecule has 2 amide bonds. The minimum atomic E-state index is -0.850. The molecule has 0 bridgehead atoms. The standard InChI is InChI=1S/C20H26N4O5/c1-20(2,3)29-19(28)24-17(21)12-7-8-14-13(10-12)11-15(23-14)18(27)22-9-5-4-6-16(25)26/h7-8,10-11,23H,4-6,9H2,1-3H3,(H,22,27)(H,25,26)(H2,21,24,28). The van der Waals surface area contributed by atoms with Gasteiger partial charge in [-0.15, -0.1) is 0 Å². The molecular weight excluding hydrogens is 376 g/mol. The van der Waals surface area contributed by atoms with Crippen LogP contribution in [0.5, 0.6) is 0 Å². The molecule has 5 N–H and O–H groups in total. The van der Waals surface area contributed by atoms with Gasteiger partial charge in [-0.3, -0.25) is 9.59 Å². The molecule has 0 unspecified atom stereocenters. The molecule has 156 valence electrons. The second-order valence-electron chi connectivity index (χ2n) is 7.57. The number of aromatic nitrogens is 1. The zero-order valence-corrected chi connectivity index (χ0v) is 16.7. The quantitative estimate of drug-likeness (QED) is 0.318. The van der Waals surface area contributed by atoms with E-state index in [1.165, 1.54) is 0 Å². The van der Waals surface area contributed by atoms with E-state index >= 15 is 0 Å². The summed E-state index contributed by atoms with van der Waals surface area (Å²) in [5.74, 6) is -1.11. The molecule has 1 heterocycles. The van der Waals surface area contributed by atoms with Gasteiger partial charge >= 0.3 is 12.1 Å². The first-order chi connectivity index (χ1) is 13.5. The highest BCUT2D eigenvalue weighted by Crippen LogP contribution is 2.18. The van der Waals surface area contributed by atoms with Crippen molar-refractivity contribution >= 4 is 34.7 Å². The Morgan fingerprint density at radius 2 is 1.93 bits per heavy atom. The zero-order chi connectivity index (χ0) is 21.6. The van der Waals surface area contributed by atoms with Crippen LogP contribution in [0.15, 0.2) is 29.3 Å². The zero-order valence-electron chi connectivity index (χ0n) is 16.7. The number of benzene rings is 1. The van der Waals surface area contributed by atoms with E-state index in [-0.39, 0.29) is 18.2 Å². The summed E-state index contributed by atoms with van der Waals surface area (Å²) >= 11 is 0. The van der Waals surface area contributed by atoms with Crippen molar-refractivity contribution in [3.05, 3.63) is 35.5 Å². The normalized spacial score (nSPS) is 12.0. The van der Waals surface area contributed by atoms with Crippen LogP contribution < -0.4 is 11.1 Å². The van der Waals surface area contributed by atoms with Crippen molar-refractivity contribution in [2.45, 2.75) is 45.6 Å². The maximum atomic E-state index is 12.2. The predicted molar refractivity (Wildman–Crippen MR) is 109 cm³/mol. The van der Waals surface area contributed by atoms with Gasteiger partial charge in [-0.1, -0.05) is 0 Å². The number of unbranched alkanes of at least 4 members (excludes halogenated alkanes) is 1. The van der Waals surface area contributed by atoms with Crippen LogP contribution in [0, 0.1) is 0 Å². The third-order valence-electron chi connectivity index (χ3n) is 3.87. The Morgan fingerprint density at radius 3 is 2.59 bits per heavy atom. The van der Waals surface area contributed by atoms with Gasteiger partial charge in [0.05, 0.1) is 0 Å². The molecule has 9 heteroatoms. The number of amides is 2. The number of H-pyrrole nitrogens is 1. The van der Waals surface area contributed by atoms with Crippen molar-refractivity contribution in [1.82, 2.24) is 10.3 Å². The lowest BCUT2D eigenvalue weighted by Crippen LogP contribution is -2.24. The molecule has 0 spiro atoms. The van der Waals surface area contributed by atoms with Gasteiger partial charge in [0.15, 0.2) is 0 Å². The fourth-order valence-corrected chi connectivity index (χ4v) is 2.56. The van der Waals surface area contributed by atoms with E-state index in [1.807, 2.05) is 0 Å². The van der Waals surface area contributed by atoms with Crippen LogP contribution in [0.2, 0.25) is 0 Å². The molecule has 2 aromatic rings. The van der Waals surface area contributed by atoms with Gasteiger partial charge in [0.2, 0.25) is 0 Å². The Morgan fingerprint density at radius 1 is 1.21 bits per heavy atom. The second kappa shape index (κ2) is 9.22. The molecule has 0 aliphatic carbocycles. The number of aliphatic imine (C=N–C) groups is 1. The number of nitrogens with zero attached hydrogens (tertiary/aromatic N) is 1. The number of aromatic amines is 1. The van der Waals surface area contributed by atoms with E-state index in [2.05, 4.69) is 15.3 Å². The number of hydrogen-bond donors (Lipinski definition) is 4. The summed E-state index contributed by atoms with van der Waals surface area (Å²) in [6.45, 7) is 5.60. The van der Waals surface area contributed by atoms with Gasteiger partial charge in [0.25, 0.3) is 5.91 Å². The highest BCUT2D eigenvalue weighted by atomic mass is 16.6. The van der Waals surface area contributed by atoms with Gasteiger partial charge in [-0.25, -0.2) is 4.79 Å². The number of nitrogens with one attached hydrogen (secondary N) is 2. The van der Waals surface area contributed by atoms with Crippen LogP contribution in [0.4, 0.5) is 4.79 Å². The lowest BCUT2D eigenvalue weighted by atomic mass is 10.1. The summed E-state index contributed by atoms with van der Waals surface area (Å²) in [5.41, 5.74) is 6.88. The predicted octanol–water partition coefficient (Wildman–Crippen LogP) is 2.79. The Labute approximate surface area is 168 Å². The van der Waals surface area contributed by atoms with Crippen molar-refractivity contribution < 1.29 is 24.2 Å².